The van der Waals surface area contributed by atoms with Crippen molar-refractivity contribution in [2.45, 2.75) is 25.8 Å². The molecule has 0 radical (unpaired) electrons. The molecule has 0 unspecified atom stereocenters. The summed E-state index contributed by atoms with van der Waals surface area (Å²) in [4.78, 5) is 14.3. The number of rotatable bonds is 5. The van der Waals surface area contributed by atoms with E-state index in [0.29, 0.717) is 13.0 Å². The quantitative estimate of drug-likeness (QED) is 0.903. The Balaban J connectivity index is 1.81. The van der Waals surface area contributed by atoms with Crippen LogP contribution in [-0.2, 0) is 9.53 Å². The van der Waals surface area contributed by atoms with E-state index in [-0.39, 0.29) is 11.4 Å². The predicted molar refractivity (Wildman–Crippen MR) is 82.7 cm³/mol. The highest BCUT2D eigenvalue weighted by atomic mass is 16.5. The van der Waals surface area contributed by atoms with Crippen molar-refractivity contribution >= 4 is 11.6 Å². The van der Waals surface area contributed by atoms with Gasteiger partial charge in [0.25, 0.3) is 0 Å². The standard InChI is InChI=1S/C16H24N2O3/c1-16(2)12-21-11-10-18(16)9-8-15(19)17-13-4-6-14(20-3)7-5-13/h4-7H,8-12H2,1-3H3,(H,17,19). The minimum absolute atomic E-state index is 0.00135. The Bertz CT molecular complexity index is 471. The van der Waals surface area contributed by atoms with Gasteiger partial charge < -0.3 is 14.8 Å². The van der Waals surface area contributed by atoms with Gasteiger partial charge in [0.15, 0.2) is 0 Å². The summed E-state index contributed by atoms with van der Waals surface area (Å²) in [5.41, 5.74) is 0.792. The second kappa shape index (κ2) is 6.91. The average molecular weight is 292 g/mol. The van der Waals surface area contributed by atoms with E-state index >= 15 is 0 Å². The molecule has 5 nitrogen and oxygen atoms in total. The fourth-order valence-corrected chi connectivity index (χ4v) is 2.44. The first-order valence-electron chi connectivity index (χ1n) is 7.28. The molecule has 1 saturated heterocycles. The van der Waals surface area contributed by atoms with Crippen LogP contribution < -0.4 is 10.1 Å². The lowest BCUT2D eigenvalue weighted by molar-refractivity contribution is -0.117. The lowest BCUT2D eigenvalue weighted by Crippen LogP contribution is -2.53. The van der Waals surface area contributed by atoms with Crippen LogP contribution in [0.15, 0.2) is 24.3 Å². The molecule has 5 heteroatoms. The number of morpholine rings is 1. The molecule has 0 saturated carbocycles. The van der Waals surface area contributed by atoms with Gasteiger partial charge in [-0.05, 0) is 38.1 Å². The number of ether oxygens (including phenoxy) is 2. The number of amides is 1. The topological polar surface area (TPSA) is 50.8 Å². The molecule has 21 heavy (non-hydrogen) atoms. The summed E-state index contributed by atoms with van der Waals surface area (Å²) < 4.78 is 10.6. The highest BCUT2D eigenvalue weighted by Crippen LogP contribution is 2.19. The Morgan fingerprint density at radius 1 is 1.38 bits per heavy atom. The Labute approximate surface area is 126 Å². The third-order valence-electron chi connectivity index (χ3n) is 3.80. The summed E-state index contributed by atoms with van der Waals surface area (Å²) in [6.45, 7) is 7.37. The van der Waals surface area contributed by atoms with E-state index in [1.165, 1.54) is 0 Å². The number of anilines is 1. The van der Waals surface area contributed by atoms with Gasteiger partial charge in [-0.15, -0.1) is 0 Å². The summed E-state index contributed by atoms with van der Waals surface area (Å²) >= 11 is 0. The van der Waals surface area contributed by atoms with Gasteiger partial charge in [0.05, 0.1) is 20.3 Å². The number of benzene rings is 1. The van der Waals surface area contributed by atoms with E-state index < -0.39 is 0 Å². The van der Waals surface area contributed by atoms with Crippen LogP contribution in [0.3, 0.4) is 0 Å². The van der Waals surface area contributed by atoms with Gasteiger partial charge in [-0.2, -0.15) is 0 Å². The zero-order valence-corrected chi connectivity index (χ0v) is 13.0. The summed E-state index contributed by atoms with van der Waals surface area (Å²) in [5, 5.41) is 2.91. The second-order valence-corrected chi connectivity index (χ2v) is 5.88. The summed E-state index contributed by atoms with van der Waals surface area (Å²) in [7, 11) is 1.62. The summed E-state index contributed by atoms with van der Waals surface area (Å²) in [5.74, 6) is 0.811. The van der Waals surface area contributed by atoms with Gasteiger partial charge >= 0.3 is 0 Å². The van der Waals surface area contributed by atoms with Crippen molar-refractivity contribution in [1.29, 1.82) is 0 Å². The van der Waals surface area contributed by atoms with Crippen molar-refractivity contribution in [1.82, 2.24) is 4.90 Å². The first-order valence-corrected chi connectivity index (χ1v) is 7.28. The highest BCUT2D eigenvalue weighted by Gasteiger charge is 2.30. The molecule has 0 spiro atoms. The van der Waals surface area contributed by atoms with Crippen molar-refractivity contribution < 1.29 is 14.3 Å². The molecule has 1 aliphatic rings. The molecule has 1 heterocycles. The second-order valence-electron chi connectivity index (χ2n) is 5.88. The van der Waals surface area contributed by atoms with Crippen LogP contribution in [-0.4, -0.2) is 49.8 Å². The predicted octanol–water partition coefficient (Wildman–Crippen LogP) is 2.13. The van der Waals surface area contributed by atoms with Crippen molar-refractivity contribution in [3.05, 3.63) is 24.3 Å². The van der Waals surface area contributed by atoms with E-state index in [1.54, 1.807) is 7.11 Å². The number of methoxy groups -OCH3 is 1. The van der Waals surface area contributed by atoms with Crippen LogP contribution in [0, 0.1) is 0 Å². The fraction of sp³-hybridized carbons (Fsp3) is 0.562. The maximum Gasteiger partial charge on any atom is 0.225 e. The van der Waals surface area contributed by atoms with Crippen molar-refractivity contribution in [2.75, 3.05) is 38.7 Å². The van der Waals surface area contributed by atoms with Gasteiger partial charge in [-0.25, -0.2) is 0 Å². The average Bonchev–Trinajstić information content (AvgIpc) is 2.46. The highest BCUT2D eigenvalue weighted by molar-refractivity contribution is 5.90. The zero-order valence-electron chi connectivity index (χ0n) is 13.0. The Hall–Kier alpha value is -1.59. The number of carbonyl (C=O) groups is 1. The lowest BCUT2D eigenvalue weighted by Gasteiger charge is -2.42. The van der Waals surface area contributed by atoms with Gasteiger partial charge in [0.2, 0.25) is 5.91 Å². The Morgan fingerprint density at radius 3 is 2.71 bits per heavy atom. The van der Waals surface area contributed by atoms with Gasteiger partial charge in [-0.1, -0.05) is 0 Å². The molecule has 1 fully saturated rings. The lowest BCUT2D eigenvalue weighted by atomic mass is 10.0. The van der Waals surface area contributed by atoms with Gasteiger partial charge in [-0.3, -0.25) is 9.69 Å². The maximum atomic E-state index is 12.0. The van der Waals surface area contributed by atoms with Gasteiger partial charge in [0.1, 0.15) is 5.75 Å². The molecular formula is C16H24N2O3. The molecule has 1 N–H and O–H groups in total. The molecule has 2 rings (SSSR count). The molecule has 0 bridgehead atoms. The molecular weight excluding hydrogens is 268 g/mol. The van der Waals surface area contributed by atoms with Crippen molar-refractivity contribution in [3.8, 4) is 5.75 Å². The molecule has 0 atom stereocenters. The van der Waals surface area contributed by atoms with Crippen LogP contribution >= 0.6 is 0 Å². The maximum absolute atomic E-state index is 12.0. The van der Waals surface area contributed by atoms with Crippen LogP contribution in [0.4, 0.5) is 5.69 Å². The Morgan fingerprint density at radius 2 is 2.10 bits per heavy atom. The molecule has 1 aromatic rings. The first-order chi connectivity index (χ1) is 10.0. The number of hydrogen-bond donors (Lipinski definition) is 1. The van der Waals surface area contributed by atoms with Crippen LogP contribution in [0.2, 0.25) is 0 Å². The minimum atomic E-state index is -0.00135. The Kier molecular flexibility index (Phi) is 5.20. The van der Waals surface area contributed by atoms with Crippen molar-refractivity contribution in [2.24, 2.45) is 0 Å². The van der Waals surface area contributed by atoms with Gasteiger partial charge in [0, 0.05) is 30.7 Å². The molecule has 116 valence electrons. The van der Waals surface area contributed by atoms with E-state index in [1.807, 2.05) is 24.3 Å². The fourth-order valence-electron chi connectivity index (χ4n) is 2.44. The van der Waals surface area contributed by atoms with Crippen LogP contribution in [0.25, 0.3) is 0 Å². The third-order valence-corrected chi connectivity index (χ3v) is 3.80. The molecule has 1 aromatic carbocycles. The number of nitrogens with one attached hydrogen (secondary N) is 1. The molecule has 1 amide bonds. The largest absolute Gasteiger partial charge is 0.497 e. The summed E-state index contributed by atoms with van der Waals surface area (Å²) in [6, 6.07) is 7.35. The van der Waals surface area contributed by atoms with Crippen LogP contribution in [0.5, 0.6) is 5.75 Å². The first kappa shape index (κ1) is 15.8. The number of carbonyl (C=O) groups excluding carboxylic acids is 1. The molecule has 0 aromatic heterocycles. The normalized spacial score (nSPS) is 18.2. The molecule has 0 aliphatic carbocycles. The summed E-state index contributed by atoms with van der Waals surface area (Å²) in [6.07, 6.45) is 0.482. The number of nitrogens with zero attached hydrogens (tertiary/aromatic N) is 1. The van der Waals surface area contributed by atoms with Crippen LogP contribution in [0.1, 0.15) is 20.3 Å². The minimum Gasteiger partial charge on any atom is -0.497 e. The van der Waals surface area contributed by atoms with E-state index in [4.69, 9.17) is 9.47 Å². The monoisotopic (exact) mass is 292 g/mol. The van der Waals surface area contributed by atoms with E-state index in [2.05, 4.69) is 24.1 Å². The zero-order chi connectivity index (χ0) is 15.3. The molecule has 1 aliphatic heterocycles. The SMILES string of the molecule is COc1ccc(NC(=O)CCN2CCOCC2(C)C)cc1. The smallest absolute Gasteiger partial charge is 0.225 e. The number of hydrogen-bond acceptors (Lipinski definition) is 4. The van der Waals surface area contributed by atoms with E-state index in [0.717, 1.165) is 31.1 Å². The van der Waals surface area contributed by atoms with Crippen molar-refractivity contribution in [3.63, 3.8) is 0 Å². The third kappa shape index (κ3) is 4.44. The van der Waals surface area contributed by atoms with E-state index in [9.17, 15) is 4.79 Å².